The van der Waals surface area contributed by atoms with Crippen LogP contribution >= 0.6 is 0 Å². The summed E-state index contributed by atoms with van der Waals surface area (Å²) in [6, 6.07) is 6.09. The second-order valence-electron chi connectivity index (χ2n) is 5.62. The molecule has 0 spiro atoms. The molecule has 8 heteroatoms. The Hall–Kier alpha value is -3.03. The van der Waals surface area contributed by atoms with Gasteiger partial charge in [0.05, 0.1) is 19.3 Å². The number of benzene rings is 1. The smallest absolute Gasteiger partial charge is 0.264 e. The molecule has 0 aliphatic heterocycles. The molecule has 2 heterocycles. The highest BCUT2D eigenvalue weighted by molar-refractivity contribution is 5.75. The number of carbonyl (C=O) groups is 1. The number of hydrogen-bond acceptors (Lipinski definition) is 4. The fraction of sp³-hybridized carbons (Fsp3) is 0.294. The van der Waals surface area contributed by atoms with E-state index in [9.17, 15) is 14.0 Å². The summed E-state index contributed by atoms with van der Waals surface area (Å²) in [6.07, 6.45) is 3.32. The number of rotatable bonds is 6. The third-order valence-electron chi connectivity index (χ3n) is 3.83. The van der Waals surface area contributed by atoms with Gasteiger partial charge in [0.2, 0.25) is 5.91 Å². The van der Waals surface area contributed by atoms with Crippen LogP contribution in [0.3, 0.4) is 0 Å². The van der Waals surface area contributed by atoms with E-state index in [1.165, 1.54) is 29.2 Å². The van der Waals surface area contributed by atoms with Crippen LogP contribution in [-0.4, -0.2) is 31.8 Å². The topological polar surface area (TPSA) is 81.8 Å². The Morgan fingerprint density at radius 3 is 2.96 bits per heavy atom. The predicted molar refractivity (Wildman–Crippen MR) is 90.6 cm³/mol. The fourth-order valence-corrected chi connectivity index (χ4v) is 2.53. The van der Waals surface area contributed by atoms with Gasteiger partial charge in [-0.2, -0.15) is 5.10 Å². The highest BCUT2D eigenvalue weighted by Gasteiger charge is 2.10. The molecule has 1 amide bonds. The zero-order chi connectivity index (χ0) is 17.8. The lowest BCUT2D eigenvalue weighted by Crippen LogP contribution is -2.27. The number of fused-ring (bicyclic) bond motifs is 1. The van der Waals surface area contributed by atoms with Crippen LogP contribution in [-0.2, 0) is 17.9 Å². The fourth-order valence-electron chi connectivity index (χ4n) is 2.53. The first-order valence-corrected chi connectivity index (χ1v) is 8.00. The lowest BCUT2D eigenvalue weighted by Gasteiger charge is -2.07. The standard InChI is InChI=1S/C17H18FN5O2/c1-2-15(24)19-6-7-23-16-14(9-21-23)17(25)22(11-20-16)10-12-4-3-5-13(18)8-12/h3-5,8-9,11H,2,6-7,10H2,1H3,(H,19,24). The van der Waals surface area contributed by atoms with Gasteiger partial charge < -0.3 is 5.32 Å². The SMILES string of the molecule is CCC(=O)NCCn1ncc2c(=O)n(Cc3cccc(F)c3)cnc21. The number of nitrogens with zero attached hydrogens (tertiary/aromatic N) is 4. The van der Waals surface area contributed by atoms with Gasteiger partial charge in [-0.1, -0.05) is 19.1 Å². The maximum atomic E-state index is 13.3. The third-order valence-corrected chi connectivity index (χ3v) is 3.83. The third kappa shape index (κ3) is 3.73. The van der Waals surface area contributed by atoms with Gasteiger partial charge >= 0.3 is 0 Å². The van der Waals surface area contributed by atoms with Gasteiger partial charge in [0.25, 0.3) is 5.56 Å². The molecule has 0 bridgehead atoms. The molecule has 2 aromatic heterocycles. The Balaban J connectivity index is 1.81. The van der Waals surface area contributed by atoms with Crippen molar-refractivity contribution in [1.82, 2.24) is 24.6 Å². The Bertz CT molecular complexity index is 963. The maximum absolute atomic E-state index is 13.3. The molecule has 0 aliphatic rings. The quantitative estimate of drug-likeness (QED) is 0.732. The number of amides is 1. The summed E-state index contributed by atoms with van der Waals surface area (Å²) in [5, 5.41) is 7.31. The monoisotopic (exact) mass is 343 g/mol. The van der Waals surface area contributed by atoms with Crippen molar-refractivity contribution in [3.8, 4) is 0 Å². The Morgan fingerprint density at radius 1 is 1.36 bits per heavy atom. The highest BCUT2D eigenvalue weighted by atomic mass is 19.1. The van der Waals surface area contributed by atoms with Crippen molar-refractivity contribution in [2.45, 2.75) is 26.4 Å². The van der Waals surface area contributed by atoms with Crippen molar-refractivity contribution >= 4 is 16.9 Å². The van der Waals surface area contributed by atoms with E-state index in [1.54, 1.807) is 23.7 Å². The van der Waals surface area contributed by atoms with Crippen molar-refractivity contribution in [3.63, 3.8) is 0 Å². The Labute approximate surface area is 143 Å². The van der Waals surface area contributed by atoms with Gasteiger partial charge in [0.1, 0.15) is 17.5 Å². The van der Waals surface area contributed by atoms with Crippen LogP contribution in [0.15, 0.2) is 41.6 Å². The van der Waals surface area contributed by atoms with Crippen molar-refractivity contribution in [1.29, 1.82) is 0 Å². The first-order valence-electron chi connectivity index (χ1n) is 8.00. The van der Waals surface area contributed by atoms with Gasteiger partial charge in [-0.25, -0.2) is 14.1 Å². The van der Waals surface area contributed by atoms with Crippen molar-refractivity contribution in [2.24, 2.45) is 0 Å². The lowest BCUT2D eigenvalue weighted by molar-refractivity contribution is -0.120. The number of nitrogens with one attached hydrogen (secondary N) is 1. The van der Waals surface area contributed by atoms with Gasteiger partial charge in [0.15, 0.2) is 5.65 Å². The minimum Gasteiger partial charge on any atom is -0.354 e. The van der Waals surface area contributed by atoms with E-state index in [0.29, 0.717) is 36.1 Å². The summed E-state index contributed by atoms with van der Waals surface area (Å²) in [5.74, 6) is -0.386. The van der Waals surface area contributed by atoms with Crippen LogP contribution in [0, 0.1) is 5.82 Å². The zero-order valence-corrected chi connectivity index (χ0v) is 13.8. The van der Waals surface area contributed by atoms with E-state index in [4.69, 9.17) is 0 Å². The largest absolute Gasteiger partial charge is 0.354 e. The van der Waals surface area contributed by atoms with Gasteiger partial charge in [-0.15, -0.1) is 0 Å². The Morgan fingerprint density at radius 2 is 2.20 bits per heavy atom. The van der Waals surface area contributed by atoms with E-state index in [2.05, 4.69) is 15.4 Å². The number of carbonyl (C=O) groups excluding carboxylic acids is 1. The summed E-state index contributed by atoms with van der Waals surface area (Å²) < 4.78 is 16.3. The summed E-state index contributed by atoms with van der Waals surface area (Å²) in [5.41, 5.74) is 0.905. The van der Waals surface area contributed by atoms with Crippen molar-refractivity contribution in [3.05, 3.63) is 58.5 Å². The zero-order valence-electron chi connectivity index (χ0n) is 13.8. The first kappa shape index (κ1) is 16.8. The Kier molecular flexibility index (Phi) is 4.87. The molecule has 0 saturated carbocycles. The summed E-state index contributed by atoms with van der Waals surface area (Å²) in [4.78, 5) is 28.1. The molecular formula is C17H18FN5O2. The highest BCUT2D eigenvalue weighted by Crippen LogP contribution is 2.08. The van der Waals surface area contributed by atoms with E-state index in [0.717, 1.165) is 0 Å². The summed E-state index contributed by atoms with van der Waals surface area (Å²) in [6.45, 7) is 2.85. The molecule has 0 saturated heterocycles. The van der Waals surface area contributed by atoms with Gasteiger partial charge in [-0.05, 0) is 17.7 Å². The van der Waals surface area contributed by atoms with Gasteiger partial charge in [0, 0.05) is 13.0 Å². The predicted octanol–water partition coefficient (Wildman–Crippen LogP) is 1.31. The molecule has 0 radical (unpaired) electrons. The molecule has 3 aromatic rings. The molecule has 0 fully saturated rings. The summed E-state index contributed by atoms with van der Waals surface area (Å²) in [7, 11) is 0. The van der Waals surface area contributed by atoms with Crippen molar-refractivity contribution < 1.29 is 9.18 Å². The molecule has 3 rings (SSSR count). The van der Waals surface area contributed by atoms with E-state index < -0.39 is 0 Å². The van der Waals surface area contributed by atoms with Crippen LogP contribution in [0.4, 0.5) is 4.39 Å². The summed E-state index contributed by atoms with van der Waals surface area (Å²) >= 11 is 0. The molecule has 1 N–H and O–H groups in total. The molecule has 1 aromatic carbocycles. The second-order valence-corrected chi connectivity index (χ2v) is 5.62. The molecule has 0 atom stereocenters. The minimum atomic E-state index is -0.346. The molecule has 7 nitrogen and oxygen atoms in total. The second kappa shape index (κ2) is 7.25. The maximum Gasteiger partial charge on any atom is 0.264 e. The van der Waals surface area contributed by atoms with Crippen LogP contribution in [0.25, 0.3) is 11.0 Å². The van der Waals surface area contributed by atoms with Crippen LogP contribution in [0.5, 0.6) is 0 Å². The van der Waals surface area contributed by atoms with E-state index in [1.807, 2.05) is 0 Å². The molecule has 25 heavy (non-hydrogen) atoms. The molecular weight excluding hydrogens is 325 g/mol. The van der Waals surface area contributed by atoms with E-state index >= 15 is 0 Å². The van der Waals surface area contributed by atoms with Crippen LogP contribution in [0.2, 0.25) is 0 Å². The van der Waals surface area contributed by atoms with E-state index in [-0.39, 0.29) is 23.8 Å². The van der Waals surface area contributed by atoms with Crippen LogP contribution < -0.4 is 10.9 Å². The first-order chi connectivity index (χ1) is 12.1. The number of halogens is 1. The molecule has 130 valence electrons. The number of hydrogen-bond donors (Lipinski definition) is 1. The van der Waals surface area contributed by atoms with Crippen LogP contribution in [0.1, 0.15) is 18.9 Å². The normalized spacial score (nSPS) is 11.0. The van der Waals surface area contributed by atoms with Gasteiger partial charge in [-0.3, -0.25) is 14.2 Å². The van der Waals surface area contributed by atoms with Crippen molar-refractivity contribution in [2.75, 3.05) is 6.54 Å². The minimum absolute atomic E-state index is 0.0399. The average molecular weight is 343 g/mol. The average Bonchev–Trinajstić information content (AvgIpc) is 3.01. The number of aromatic nitrogens is 4. The lowest BCUT2D eigenvalue weighted by atomic mass is 10.2. The molecule has 0 aliphatic carbocycles. The molecule has 0 unspecified atom stereocenters.